The molecule has 2 aromatic rings. The molecular formula is C18H18BrN3O2. The zero-order valence-corrected chi connectivity index (χ0v) is 14.8. The third-order valence-electron chi connectivity index (χ3n) is 3.19. The van der Waals surface area contributed by atoms with Crippen molar-refractivity contribution in [2.45, 2.75) is 19.8 Å². The number of carbonyl (C=O) groups is 2. The summed E-state index contributed by atoms with van der Waals surface area (Å²) in [6, 6.07) is 15.0. The molecule has 0 aromatic heterocycles. The van der Waals surface area contributed by atoms with Crippen LogP contribution in [0, 0.1) is 6.92 Å². The fourth-order valence-electron chi connectivity index (χ4n) is 1.87. The number of nitrogens with one attached hydrogen (secondary N) is 2. The van der Waals surface area contributed by atoms with Gasteiger partial charge in [-0.25, -0.2) is 5.43 Å². The van der Waals surface area contributed by atoms with Gasteiger partial charge in [-0.05, 0) is 36.8 Å². The van der Waals surface area contributed by atoms with E-state index in [-0.39, 0.29) is 24.7 Å². The maximum Gasteiger partial charge on any atom is 0.240 e. The van der Waals surface area contributed by atoms with Gasteiger partial charge >= 0.3 is 0 Å². The molecule has 24 heavy (non-hydrogen) atoms. The lowest BCUT2D eigenvalue weighted by Gasteiger charge is -2.05. The van der Waals surface area contributed by atoms with E-state index in [2.05, 4.69) is 31.8 Å². The van der Waals surface area contributed by atoms with E-state index in [0.717, 1.165) is 21.3 Å². The van der Waals surface area contributed by atoms with E-state index in [1.165, 1.54) is 0 Å². The molecule has 0 unspecified atom stereocenters. The second-order valence-electron chi connectivity index (χ2n) is 5.26. The van der Waals surface area contributed by atoms with Crippen LogP contribution in [0.3, 0.4) is 0 Å². The van der Waals surface area contributed by atoms with Gasteiger partial charge in [0.25, 0.3) is 0 Å². The molecule has 0 heterocycles. The van der Waals surface area contributed by atoms with Gasteiger partial charge < -0.3 is 5.32 Å². The highest BCUT2D eigenvalue weighted by Gasteiger charge is 2.06. The molecule has 0 aliphatic rings. The number of anilines is 1. The Hall–Kier alpha value is -2.47. The Bertz CT molecular complexity index is 725. The quantitative estimate of drug-likeness (QED) is 0.586. The largest absolute Gasteiger partial charge is 0.326 e. The summed E-state index contributed by atoms with van der Waals surface area (Å²) in [5.74, 6) is -0.506. The molecule has 2 rings (SSSR count). The smallest absolute Gasteiger partial charge is 0.240 e. The van der Waals surface area contributed by atoms with Crippen molar-refractivity contribution < 1.29 is 9.59 Å². The van der Waals surface area contributed by atoms with E-state index in [4.69, 9.17) is 0 Å². The van der Waals surface area contributed by atoms with Crippen molar-refractivity contribution in [1.82, 2.24) is 5.43 Å². The van der Waals surface area contributed by atoms with Crippen LogP contribution in [0.2, 0.25) is 0 Å². The normalized spacial score (nSPS) is 10.6. The Balaban J connectivity index is 1.71. The van der Waals surface area contributed by atoms with Crippen LogP contribution in [0.4, 0.5) is 5.69 Å². The summed E-state index contributed by atoms with van der Waals surface area (Å²) in [5, 5.41) is 6.62. The molecule has 2 amide bonds. The molecule has 0 spiro atoms. The van der Waals surface area contributed by atoms with Crippen LogP contribution in [-0.2, 0) is 9.59 Å². The van der Waals surface area contributed by atoms with Gasteiger partial charge in [0.05, 0.1) is 6.21 Å². The first kappa shape index (κ1) is 17.9. The Labute approximate surface area is 149 Å². The first-order valence-corrected chi connectivity index (χ1v) is 8.26. The maximum absolute atomic E-state index is 11.8. The van der Waals surface area contributed by atoms with Crippen LogP contribution in [-0.4, -0.2) is 18.0 Å². The minimum Gasteiger partial charge on any atom is -0.326 e. The fraction of sp³-hybridized carbons (Fsp3) is 0.167. The van der Waals surface area contributed by atoms with Crippen molar-refractivity contribution in [2.24, 2.45) is 5.10 Å². The average molecular weight is 388 g/mol. The van der Waals surface area contributed by atoms with Crippen LogP contribution in [0.1, 0.15) is 24.0 Å². The van der Waals surface area contributed by atoms with E-state index in [0.29, 0.717) is 0 Å². The fourth-order valence-corrected chi connectivity index (χ4v) is 2.14. The lowest BCUT2D eigenvalue weighted by Crippen LogP contribution is -2.20. The molecule has 0 radical (unpaired) electrons. The summed E-state index contributed by atoms with van der Waals surface area (Å²) in [6.45, 7) is 1.98. The van der Waals surface area contributed by atoms with Crippen molar-refractivity contribution >= 4 is 39.6 Å². The van der Waals surface area contributed by atoms with Gasteiger partial charge in [0.2, 0.25) is 11.8 Å². The summed E-state index contributed by atoms with van der Waals surface area (Å²) in [6.07, 6.45) is 1.74. The standard InChI is InChI=1S/C18H18BrN3O2/c1-13-2-8-16(9-3-13)21-17(23)10-11-18(24)22-20-12-14-4-6-15(19)7-5-14/h2-9,12H,10-11H2,1H3,(H,21,23)(H,22,24). The number of benzene rings is 2. The molecule has 2 aromatic carbocycles. The highest BCUT2D eigenvalue weighted by atomic mass is 79.9. The van der Waals surface area contributed by atoms with Gasteiger partial charge in [-0.15, -0.1) is 0 Å². The van der Waals surface area contributed by atoms with Crippen LogP contribution in [0.5, 0.6) is 0 Å². The number of hydrogen-bond donors (Lipinski definition) is 2. The predicted octanol–water partition coefficient (Wildman–Crippen LogP) is 3.63. The molecule has 0 saturated heterocycles. The molecule has 0 bridgehead atoms. The second kappa shape index (κ2) is 8.98. The Kier molecular flexibility index (Phi) is 6.69. The van der Waals surface area contributed by atoms with E-state index >= 15 is 0 Å². The second-order valence-corrected chi connectivity index (χ2v) is 6.17. The van der Waals surface area contributed by atoms with Gasteiger partial charge in [0.1, 0.15) is 0 Å². The SMILES string of the molecule is Cc1ccc(NC(=O)CCC(=O)NN=Cc2ccc(Br)cc2)cc1. The molecule has 5 nitrogen and oxygen atoms in total. The number of rotatable bonds is 6. The Morgan fingerprint density at radius 2 is 1.62 bits per heavy atom. The van der Waals surface area contributed by atoms with Gasteiger partial charge in [0, 0.05) is 23.0 Å². The number of hydrogen-bond acceptors (Lipinski definition) is 3. The number of carbonyl (C=O) groups excluding carboxylic acids is 2. The molecule has 124 valence electrons. The summed E-state index contributed by atoms with van der Waals surface area (Å²) in [7, 11) is 0. The first-order chi connectivity index (χ1) is 11.5. The highest BCUT2D eigenvalue weighted by molar-refractivity contribution is 9.10. The number of nitrogens with zero attached hydrogens (tertiary/aromatic N) is 1. The number of hydrazone groups is 1. The third kappa shape index (κ3) is 6.34. The zero-order chi connectivity index (χ0) is 17.4. The predicted molar refractivity (Wildman–Crippen MR) is 98.9 cm³/mol. The summed E-state index contributed by atoms with van der Waals surface area (Å²) < 4.78 is 0.975. The van der Waals surface area contributed by atoms with Crippen LogP contribution >= 0.6 is 15.9 Å². The van der Waals surface area contributed by atoms with Gasteiger partial charge in [-0.2, -0.15) is 5.10 Å². The molecule has 0 fully saturated rings. The monoisotopic (exact) mass is 387 g/mol. The van der Waals surface area contributed by atoms with Crippen molar-refractivity contribution in [3.8, 4) is 0 Å². The van der Waals surface area contributed by atoms with Crippen LogP contribution < -0.4 is 10.7 Å². The van der Waals surface area contributed by atoms with Crippen molar-refractivity contribution in [3.63, 3.8) is 0 Å². The van der Waals surface area contributed by atoms with Crippen molar-refractivity contribution in [3.05, 3.63) is 64.1 Å². The lowest BCUT2D eigenvalue weighted by molar-refractivity contribution is -0.124. The molecular weight excluding hydrogens is 370 g/mol. The van der Waals surface area contributed by atoms with Crippen molar-refractivity contribution in [2.75, 3.05) is 5.32 Å². The van der Waals surface area contributed by atoms with E-state index in [1.807, 2.05) is 55.5 Å². The third-order valence-corrected chi connectivity index (χ3v) is 3.72. The minimum atomic E-state index is -0.303. The lowest BCUT2D eigenvalue weighted by atomic mass is 10.2. The Morgan fingerprint density at radius 1 is 1.00 bits per heavy atom. The topological polar surface area (TPSA) is 70.6 Å². The van der Waals surface area contributed by atoms with Crippen LogP contribution in [0.15, 0.2) is 58.1 Å². The maximum atomic E-state index is 11.8. The van der Waals surface area contributed by atoms with Crippen molar-refractivity contribution in [1.29, 1.82) is 0 Å². The Morgan fingerprint density at radius 3 is 2.29 bits per heavy atom. The number of aryl methyl sites for hydroxylation is 1. The molecule has 0 saturated carbocycles. The summed E-state index contributed by atoms with van der Waals surface area (Å²) in [4.78, 5) is 23.5. The number of halogens is 1. The first-order valence-electron chi connectivity index (χ1n) is 7.47. The highest BCUT2D eigenvalue weighted by Crippen LogP contribution is 2.10. The number of amides is 2. The molecule has 0 aliphatic heterocycles. The zero-order valence-electron chi connectivity index (χ0n) is 13.3. The minimum absolute atomic E-state index is 0.0787. The van der Waals surface area contributed by atoms with Gasteiger partial charge in [-0.3, -0.25) is 9.59 Å². The van der Waals surface area contributed by atoms with E-state index in [9.17, 15) is 9.59 Å². The molecule has 0 aliphatic carbocycles. The van der Waals surface area contributed by atoms with E-state index in [1.54, 1.807) is 6.21 Å². The van der Waals surface area contributed by atoms with Gasteiger partial charge in [-0.1, -0.05) is 45.8 Å². The molecule has 2 N–H and O–H groups in total. The summed E-state index contributed by atoms with van der Waals surface area (Å²) in [5.41, 5.74) is 5.13. The van der Waals surface area contributed by atoms with Gasteiger partial charge in [0.15, 0.2) is 0 Å². The van der Waals surface area contributed by atoms with Crippen LogP contribution in [0.25, 0.3) is 0 Å². The average Bonchev–Trinajstić information content (AvgIpc) is 2.57. The molecule has 6 heteroatoms. The summed E-state index contributed by atoms with van der Waals surface area (Å²) >= 11 is 3.35. The molecule has 0 atom stereocenters. The van der Waals surface area contributed by atoms with E-state index < -0.39 is 0 Å².